The summed E-state index contributed by atoms with van der Waals surface area (Å²) in [6.45, 7) is 1.96. The van der Waals surface area contributed by atoms with E-state index in [2.05, 4.69) is 4.98 Å². The SMILES string of the molecule is CCOC(=O)c1[nH]c2cc(Cl)ccc2c1C=O. The van der Waals surface area contributed by atoms with E-state index >= 15 is 0 Å². The molecule has 1 heterocycles. The number of carbonyl (C=O) groups is 2. The van der Waals surface area contributed by atoms with Crippen molar-refractivity contribution in [2.45, 2.75) is 6.92 Å². The Morgan fingerprint density at radius 1 is 1.53 bits per heavy atom. The predicted molar refractivity (Wildman–Crippen MR) is 64.7 cm³/mol. The number of esters is 1. The molecule has 0 unspecified atom stereocenters. The first kappa shape index (κ1) is 11.7. The molecule has 0 saturated carbocycles. The molecule has 2 rings (SSSR count). The number of nitrogens with one attached hydrogen (secondary N) is 1. The van der Waals surface area contributed by atoms with E-state index in [1.54, 1.807) is 25.1 Å². The molecule has 0 aliphatic carbocycles. The van der Waals surface area contributed by atoms with Crippen molar-refractivity contribution in [3.05, 3.63) is 34.5 Å². The number of aromatic amines is 1. The number of benzene rings is 1. The molecule has 0 bridgehead atoms. The molecule has 0 atom stereocenters. The third kappa shape index (κ3) is 2.03. The van der Waals surface area contributed by atoms with Crippen molar-refractivity contribution >= 4 is 34.8 Å². The van der Waals surface area contributed by atoms with Crippen molar-refractivity contribution in [2.24, 2.45) is 0 Å². The molecule has 17 heavy (non-hydrogen) atoms. The number of aromatic nitrogens is 1. The quantitative estimate of drug-likeness (QED) is 0.674. The maximum Gasteiger partial charge on any atom is 0.355 e. The van der Waals surface area contributed by atoms with Crippen molar-refractivity contribution < 1.29 is 14.3 Å². The number of hydrogen-bond donors (Lipinski definition) is 1. The van der Waals surface area contributed by atoms with Crippen LogP contribution in [0.3, 0.4) is 0 Å². The highest BCUT2D eigenvalue weighted by atomic mass is 35.5. The van der Waals surface area contributed by atoms with Crippen LogP contribution >= 0.6 is 11.6 Å². The molecule has 0 fully saturated rings. The van der Waals surface area contributed by atoms with Gasteiger partial charge in [0.15, 0.2) is 6.29 Å². The van der Waals surface area contributed by atoms with Gasteiger partial charge in [-0.25, -0.2) is 4.79 Å². The summed E-state index contributed by atoms with van der Waals surface area (Å²) in [7, 11) is 0. The van der Waals surface area contributed by atoms with Crippen molar-refractivity contribution in [2.75, 3.05) is 6.61 Å². The van der Waals surface area contributed by atoms with E-state index in [4.69, 9.17) is 16.3 Å². The van der Waals surface area contributed by atoms with E-state index in [1.807, 2.05) is 0 Å². The van der Waals surface area contributed by atoms with E-state index < -0.39 is 5.97 Å². The average molecular weight is 252 g/mol. The fourth-order valence-electron chi connectivity index (χ4n) is 1.68. The Morgan fingerprint density at radius 2 is 2.29 bits per heavy atom. The Bertz CT molecular complexity index is 589. The Balaban J connectivity index is 2.63. The van der Waals surface area contributed by atoms with E-state index in [-0.39, 0.29) is 12.3 Å². The lowest BCUT2D eigenvalue weighted by atomic mass is 10.1. The number of H-pyrrole nitrogens is 1. The Morgan fingerprint density at radius 3 is 2.94 bits per heavy atom. The summed E-state index contributed by atoms with van der Waals surface area (Å²) >= 11 is 5.84. The van der Waals surface area contributed by atoms with E-state index in [0.717, 1.165) is 0 Å². The highest BCUT2D eigenvalue weighted by Crippen LogP contribution is 2.24. The minimum absolute atomic E-state index is 0.166. The van der Waals surface area contributed by atoms with Crippen LogP contribution in [0.15, 0.2) is 18.2 Å². The topological polar surface area (TPSA) is 59.2 Å². The molecule has 5 heteroatoms. The van der Waals surface area contributed by atoms with Gasteiger partial charge in [-0.1, -0.05) is 17.7 Å². The summed E-state index contributed by atoms with van der Waals surface area (Å²) in [4.78, 5) is 25.5. The average Bonchev–Trinajstić information content (AvgIpc) is 2.66. The van der Waals surface area contributed by atoms with E-state index in [9.17, 15) is 9.59 Å². The Kier molecular flexibility index (Phi) is 3.15. The van der Waals surface area contributed by atoms with Crippen molar-refractivity contribution in [1.82, 2.24) is 4.98 Å². The highest BCUT2D eigenvalue weighted by molar-refractivity contribution is 6.31. The van der Waals surface area contributed by atoms with Gasteiger partial charge in [0.05, 0.1) is 12.2 Å². The van der Waals surface area contributed by atoms with Crippen molar-refractivity contribution in [3.63, 3.8) is 0 Å². The smallest absolute Gasteiger partial charge is 0.355 e. The molecule has 1 aromatic heterocycles. The van der Waals surface area contributed by atoms with Crippen LogP contribution in [0.2, 0.25) is 5.02 Å². The maximum absolute atomic E-state index is 11.6. The molecule has 0 spiro atoms. The Labute approximate surface area is 103 Å². The molecular weight excluding hydrogens is 242 g/mol. The van der Waals surface area contributed by atoms with Gasteiger partial charge in [0.2, 0.25) is 0 Å². The summed E-state index contributed by atoms with van der Waals surface area (Å²) in [5, 5.41) is 1.19. The monoisotopic (exact) mass is 251 g/mol. The summed E-state index contributed by atoms with van der Waals surface area (Å²) < 4.78 is 4.87. The van der Waals surface area contributed by atoms with Gasteiger partial charge in [-0.05, 0) is 19.1 Å². The van der Waals surface area contributed by atoms with Gasteiger partial charge in [0.1, 0.15) is 5.69 Å². The number of halogens is 1. The highest BCUT2D eigenvalue weighted by Gasteiger charge is 2.18. The molecule has 88 valence electrons. The minimum Gasteiger partial charge on any atom is -0.461 e. The van der Waals surface area contributed by atoms with Gasteiger partial charge in [0, 0.05) is 15.9 Å². The summed E-state index contributed by atoms with van der Waals surface area (Å²) in [5.74, 6) is -0.540. The zero-order valence-electron chi connectivity index (χ0n) is 9.12. The molecular formula is C12H10ClNO3. The third-order valence-corrected chi connectivity index (χ3v) is 2.63. The number of hydrogen-bond acceptors (Lipinski definition) is 3. The summed E-state index contributed by atoms with van der Waals surface area (Å²) in [6, 6.07) is 5.02. The van der Waals surface area contributed by atoms with Crippen LogP contribution in [0, 0.1) is 0 Å². The molecule has 0 radical (unpaired) electrons. The van der Waals surface area contributed by atoms with Crippen LogP contribution in [0.25, 0.3) is 10.9 Å². The van der Waals surface area contributed by atoms with Gasteiger partial charge >= 0.3 is 5.97 Å². The molecule has 1 aromatic carbocycles. The summed E-state index contributed by atoms with van der Waals surface area (Å²) in [5.41, 5.74) is 1.11. The first-order chi connectivity index (χ1) is 8.17. The van der Waals surface area contributed by atoms with E-state index in [1.165, 1.54) is 0 Å². The lowest BCUT2D eigenvalue weighted by Crippen LogP contribution is -2.07. The molecule has 0 aliphatic rings. The second-order valence-electron chi connectivity index (χ2n) is 3.44. The Hall–Kier alpha value is -1.81. The number of fused-ring (bicyclic) bond motifs is 1. The minimum atomic E-state index is -0.540. The van der Waals surface area contributed by atoms with Crippen molar-refractivity contribution in [3.8, 4) is 0 Å². The lowest BCUT2D eigenvalue weighted by molar-refractivity contribution is 0.0518. The van der Waals surface area contributed by atoms with Crippen LogP contribution in [0.5, 0.6) is 0 Å². The molecule has 0 amide bonds. The van der Waals surface area contributed by atoms with E-state index in [0.29, 0.717) is 27.8 Å². The van der Waals surface area contributed by atoms with Gasteiger partial charge in [-0.2, -0.15) is 0 Å². The summed E-state index contributed by atoms with van der Waals surface area (Å²) in [6.07, 6.45) is 0.638. The van der Waals surface area contributed by atoms with Crippen LogP contribution < -0.4 is 0 Å². The standard InChI is InChI=1S/C12H10ClNO3/c1-2-17-12(16)11-9(6-15)8-4-3-7(13)5-10(8)14-11/h3-6,14H,2H2,1H3. The van der Waals surface area contributed by atoms with Gasteiger partial charge in [-0.15, -0.1) is 0 Å². The second-order valence-corrected chi connectivity index (χ2v) is 3.88. The maximum atomic E-state index is 11.6. The number of rotatable bonds is 3. The first-order valence-corrected chi connectivity index (χ1v) is 5.48. The molecule has 0 saturated heterocycles. The van der Waals surface area contributed by atoms with Crippen molar-refractivity contribution in [1.29, 1.82) is 0 Å². The predicted octanol–water partition coefficient (Wildman–Crippen LogP) is 2.81. The fourth-order valence-corrected chi connectivity index (χ4v) is 1.85. The third-order valence-electron chi connectivity index (χ3n) is 2.40. The molecule has 0 aliphatic heterocycles. The first-order valence-electron chi connectivity index (χ1n) is 5.11. The zero-order chi connectivity index (χ0) is 12.4. The zero-order valence-corrected chi connectivity index (χ0v) is 9.88. The normalized spacial score (nSPS) is 10.5. The lowest BCUT2D eigenvalue weighted by Gasteiger charge is -1.98. The molecule has 4 nitrogen and oxygen atoms in total. The number of carbonyl (C=O) groups excluding carboxylic acids is 2. The van der Waals surface area contributed by atoms with Crippen LogP contribution in [-0.4, -0.2) is 23.8 Å². The fraction of sp³-hybridized carbons (Fsp3) is 0.167. The molecule has 1 N–H and O–H groups in total. The largest absolute Gasteiger partial charge is 0.461 e. The number of ether oxygens (including phenoxy) is 1. The number of aldehydes is 1. The van der Waals surface area contributed by atoms with Crippen LogP contribution in [0.1, 0.15) is 27.8 Å². The van der Waals surface area contributed by atoms with Gasteiger partial charge < -0.3 is 9.72 Å². The second kappa shape index (κ2) is 4.59. The molecule has 2 aromatic rings. The van der Waals surface area contributed by atoms with Gasteiger partial charge in [-0.3, -0.25) is 4.79 Å². The van der Waals surface area contributed by atoms with Gasteiger partial charge in [0.25, 0.3) is 0 Å². The van der Waals surface area contributed by atoms with Crippen LogP contribution in [-0.2, 0) is 4.74 Å². The van der Waals surface area contributed by atoms with Crippen LogP contribution in [0.4, 0.5) is 0 Å².